The van der Waals surface area contributed by atoms with E-state index in [0.717, 1.165) is 12.8 Å². The van der Waals surface area contributed by atoms with Gasteiger partial charge in [0.05, 0.1) is 12.6 Å². The summed E-state index contributed by atoms with van der Waals surface area (Å²) in [5.41, 5.74) is 10.8. The molecule has 0 bridgehead atoms. The van der Waals surface area contributed by atoms with Crippen molar-refractivity contribution in [2.75, 3.05) is 19.8 Å². The van der Waals surface area contributed by atoms with Gasteiger partial charge in [-0.1, -0.05) is 20.3 Å². The predicted molar refractivity (Wildman–Crippen MR) is 105 cm³/mol. The summed E-state index contributed by atoms with van der Waals surface area (Å²) in [6.07, 6.45) is -0.681. The maximum absolute atomic E-state index is 11.8. The molecule has 0 saturated carbocycles. The number of aliphatic carboxylic acids is 1. The highest BCUT2D eigenvalue weighted by Crippen LogP contribution is 2.29. The quantitative estimate of drug-likeness (QED) is 0.127. The van der Waals surface area contributed by atoms with Gasteiger partial charge < -0.3 is 41.6 Å². The highest BCUT2D eigenvalue weighted by molar-refractivity contribution is 5.85. The van der Waals surface area contributed by atoms with Crippen LogP contribution < -0.4 is 16.8 Å². The minimum atomic E-state index is -1.48. The number of nitrogens with zero attached hydrogens (tertiary/aromatic N) is 1. The molecular formula is C18H32N4O7. The van der Waals surface area contributed by atoms with Crippen LogP contribution >= 0.6 is 0 Å². The first-order valence-electron chi connectivity index (χ1n) is 9.58. The molecule has 11 nitrogen and oxygen atoms in total. The molecule has 0 aromatic heterocycles. The van der Waals surface area contributed by atoms with Crippen LogP contribution in [0.4, 0.5) is 0 Å². The molecule has 0 saturated heterocycles. The van der Waals surface area contributed by atoms with E-state index in [1.54, 1.807) is 6.92 Å². The number of nitrogens with two attached hydrogens (primary N) is 2. The number of carboxylic acid groups (broad SMARTS) is 1. The molecule has 1 aliphatic heterocycles. The standard InChI is InChI=1S/C18H32N4O7/c1-3-4-6-28-7-5-14(24)21-9-12(23)15(25)16-10(2)11(22-18(19)20)8-13(29-16)17(26)27/h8,10-12,15-16,23,25H,3-7,9H2,1-2H3,(H,21,24)(H,26,27)(H4,19,20,22)/t10-,11+,12-,15-,16-/m1/s1. The lowest BCUT2D eigenvalue weighted by molar-refractivity contribution is -0.145. The number of ether oxygens (including phenoxy) is 2. The first kappa shape index (κ1) is 24.7. The van der Waals surface area contributed by atoms with Crippen molar-refractivity contribution in [3.63, 3.8) is 0 Å². The van der Waals surface area contributed by atoms with E-state index in [2.05, 4.69) is 10.3 Å². The van der Waals surface area contributed by atoms with Gasteiger partial charge in [-0.05, 0) is 12.5 Å². The molecule has 1 rings (SSSR count). The van der Waals surface area contributed by atoms with Crippen molar-refractivity contribution in [1.29, 1.82) is 0 Å². The van der Waals surface area contributed by atoms with Crippen LogP contribution in [0.15, 0.2) is 16.8 Å². The maximum Gasteiger partial charge on any atom is 0.370 e. The van der Waals surface area contributed by atoms with E-state index < -0.39 is 42.0 Å². The number of aliphatic hydroxyl groups excluding tert-OH is 2. The highest BCUT2D eigenvalue weighted by atomic mass is 16.5. The van der Waals surface area contributed by atoms with E-state index in [4.69, 9.17) is 20.9 Å². The number of rotatable bonds is 12. The minimum absolute atomic E-state index is 0.126. The van der Waals surface area contributed by atoms with E-state index >= 15 is 0 Å². The molecule has 11 heteroatoms. The number of aliphatic imine (C=N–C) groups is 1. The number of hydrogen-bond acceptors (Lipinski definition) is 7. The fraction of sp³-hybridized carbons (Fsp3) is 0.722. The Balaban J connectivity index is 2.62. The van der Waals surface area contributed by atoms with Crippen molar-refractivity contribution in [3.05, 3.63) is 11.8 Å². The zero-order valence-corrected chi connectivity index (χ0v) is 16.8. The van der Waals surface area contributed by atoms with Gasteiger partial charge in [0.25, 0.3) is 0 Å². The van der Waals surface area contributed by atoms with E-state index in [1.807, 2.05) is 6.92 Å². The average molecular weight is 416 g/mol. The number of carbonyl (C=O) groups is 2. The molecule has 5 atom stereocenters. The van der Waals surface area contributed by atoms with Gasteiger partial charge in [-0.3, -0.25) is 4.79 Å². The summed E-state index contributed by atoms with van der Waals surface area (Å²) in [6.45, 7) is 4.30. The third-order valence-corrected chi connectivity index (χ3v) is 4.51. The van der Waals surface area contributed by atoms with Crippen LogP contribution in [-0.2, 0) is 19.1 Å². The summed E-state index contributed by atoms with van der Waals surface area (Å²) in [5, 5.41) is 32.4. The molecule has 0 aromatic rings. The highest BCUT2D eigenvalue weighted by Gasteiger charge is 2.40. The lowest BCUT2D eigenvalue weighted by Gasteiger charge is -2.37. The lowest BCUT2D eigenvalue weighted by Crippen LogP contribution is -2.51. The van der Waals surface area contributed by atoms with E-state index in [-0.39, 0.29) is 31.4 Å². The molecule has 0 spiro atoms. The van der Waals surface area contributed by atoms with E-state index in [9.17, 15) is 24.9 Å². The Morgan fingerprint density at radius 3 is 2.62 bits per heavy atom. The van der Waals surface area contributed by atoms with E-state index in [0.29, 0.717) is 6.61 Å². The van der Waals surface area contributed by atoms with Gasteiger partial charge in [0.1, 0.15) is 18.3 Å². The van der Waals surface area contributed by atoms with Gasteiger partial charge in [0.2, 0.25) is 11.7 Å². The zero-order chi connectivity index (χ0) is 22.0. The smallest absolute Gasteiger partial charge is 0.370 e. The molecule has 0 fully saturated rings. The molecule has 1 aliphatic rings. The third kappa shape index (κ3) is 8.26. The van der Waals surface area contributed by atoms with Gasteiger partial charge >= 0.3 is 5.97 Å². The van der Waals surface area contributed by atoms with Crippen molar-refractivity contribution in [1.82, 2.24) is 5.32 Å². The summed E-state index contributed by atoms with van der Waals surface area (Å²) in [5.74, 6) is -2.90. The third-order valence-electron chi connectivity index (χ3n) is 4.51. The van der Waals surface area contributed by atoms with Gasteiger partial charge in [0, 0.05) is 25.5 Å². The van der Waals surface area contributed by atoms with Crippen LogP contribution in [0.3, 0.4) is 0 Å². The number of carboxylic acids is 1. The normalized spacial score (nSPS) is 23.3. The Labute approximate surface area is 169 Å². The minimum Gasteiger partial charge on any atom is -0.480 e. The number of hydrogen-bond donors (Lipinski definition) is 6. The molecule has 1 amide bonds. The molecule has 8 N–H and O–H groups in total. The second-order valence-corrected chi connectivity index (χ2v) is 6.90. The van der Waals surface area contributed by atoms with Crippen LogP contribution in [0.1, 0.15) is 33.1 Å². The molecule has 0 aromatic carbocycles. The van der Waals surface area contributed by atoms with Crippen LogP contribution in [0, 0.1) is 5.92 Å². The van der Waals surface area contributed by atoms with Crippen LogP contribution in [-0.4, -0.2) is 77.3 Å². The van der Waals surface area contributed by atoms with Crippen LogP contribution in [0.5, 0.6) is 0 Å². The van der Waals surface area contributed by atoms with Gasteiger partial charge in [0.15, 0.2) is 5.96 Å². The summed E-state index contributed by atoms with van der Waals surface area (Å²) < 4.78 is 10.6. The molecule has 0 radical (unpaired) electrons. The Morgan fingerprint density at radius 2 is 2.03 bits per heavy atom. The molecule has 0 aliphatic carbocycles. The summed E-state index contributed by atoms with van der Waals surface area (Å²) in [6, 6.07) is -0.749. The van der Waals surface area contributed by atoms with Crippen molar-refractivity contribution in [2.45, 2.75) is 57.5 Å². The SMILES string of the molecule is CCCCOCCC(=O)NC[C@@H](O)[C@@H](O)[C@@H]1OC(C(=O)O)=C[C@H](N=C(N)N)[C@H]1C. The number of amides is 1. The first-order chi connectivity index (χ1) is 13.7. The fourth-order valence-electron chi connectivity index (χ4n) is 2.78. The molecule has 166 valence electrons. The molecular weight excluding hydrogens is 384 g/mol. The number of guanidine groups is 1. The summed E-state index contributed by atoms with van der Waals surface area (Å²) in [7, 11) is 0. The van der Waals surface area contributed by atoms with Gasteiger partial charge in [-0.25, -0.2) is 9.79 Å². The van der Waals surface area contributed by atoms with Crippen molar-refractivity contribution in [3.8, 4) is 0 Å². The zero-order valence-electron chi connectivity index (χ0n) is 16.8. The number of nitrogens with one attached hydrogen (secondary N) is 1. The first-order valence-corrected chi connectivity index (χ1v) is 9.58. The lowest BCUT2D eigenvalue weighted by atomic mass is 9.87. The Bertz CT molecular complexity index is 607. The van der Waals surface area contributed by atoms with Gasteiger partial charge in [-0.15, -0.1) is 0 Å². The summed E-state index contributed by atoms with van der Waals surface area (Å²) in [4.78, 5) is 27.1. The monoisotopic (exact) mass is 416 g/mol. The second-order valence-electron chi connectivity index (χ2n) is 6.90. The molecule has 0 unspecified atom stereocenters. The average Bonchev–Trinajstić information content (AvgIpc) is 2.66. The van der Waals surface area contributed by atoms with Crippen molar-refractivity contribution >= 4 is 17.8 Å². The maximum atomic E-state index is 11.8. The van der Waals surface area contributed by atoms with Crippen LogP contribution in [0.2, 0.25) is 0 Å². The second kappa shape index (κ2) is 12.2. The molecule has 29 heavy (non-hydrogen) atoms. The summed E-state index contributed by atoms with van der Waals surface area (Å²) >= 11 is 0. The van der Waals surface area contributed by atoms with Crippen molar-refractivity contribution < 1.29 is 34.4 Å². The number of carbonyl (C=O) groups excluding carboxylic acids is 1. The topological polar surface area (TPSA) is 190 Å². The Kier molecular flexibility index (Phi) is 10.4. The molecule has 1 heterocycles. The Morgan fingerprint density at radius 1 is 1.34 bits per heavy atom. The fourth-order valence-corrected chi connectivity index (χ4v) is 2.78. The number of aliphatic hydroxyl groups is 2. The van der Waals surface area contributed by atoms with Crippen molar-refractivity contribution in [2.24, 2.45) is 22.4 Å². The van der Waals surface area contributed by atoms with Crippen LogP contribution in [0.25, 0.3) is 0 Å². The largest absolute Gasteiger partial charge is 0.480 e. The predicted octanol–water partition coefficient (Wildman–Crippen LogP) is -1.32. The van der Waals surface area contributed by atoms with E-state index in [1.165, 1.54) is 6.08 Å². The number of unbranched alkanes of at least 4 members (excludes halogenated alkanes) is 1. The Hall–Kier alpha value is -2.37. The van der Waals surface area contributed by atoms with Gasteiger partial charge in [-0.2, -0.15) is 0 Å².